The number of nitrogens with zero attached hydrogens (tertiary/aromatic N) is 2. The highest BCUT2D eigenvalue weighted by molar-refractivity contribution is 6.30. The van der Waals surface area contributed by atoms with Gasteiger partial charge in [0.1, 0.15) is 6.04 Å². The molecule has 106 valence electrons. The van der Waals surface area contributed by atoms with Gasteiger partial charge in [0.2, 0.25) is 0 Å². The number of aliphatic carboxylic acids is 1. The summed E-state index contributed by atoms with van der Waals surface area (Å²) < 4.78 is 1.76. The molecule has 0 fully saturated rings. The van der Waals surface area contributed by atoms with Crippen LogP contribution in [0.4, 0.5) is 0 Å². The summed E-state index contributed by atoms with van der Waals surface area (Å²) in [6.45, 7) is 4.15. The second kappa shape index (κ2) is 5.64. The van der Waals surface area contributed by atoms with Gasteiger partial charge in [-0.25, -0.2) is 0 Å². The van der Waals surface area contributed by atoms with E-state index >= 15 is 0 Å². The molecule has 1 aromatic heterocycles. The minimum absolute atomic E-state index is 0.552. The molecule has 0 spiro atoms. The summed E-state index contributed by atoms with van der Waals surface area (Å²) in [6, 6.07) is 6.40. The lowest BCUT2D eigenvalue weighted by Crippen LogP contribution is -2.22. The number of benzene rings is 1. The van der Waals surface area contributed by atoms with Crippen LogP contribution in [0.3, 0.4) is 0 Å². The summed E-state index contributed by atoms with van der Waals surface area (Å²) in [7, 11) is 0. The zero-order valence-electron chi connectivity index (χ0n) is 11.3. The maximum Gasteiger partial charge on any atom is 0.325 e. The Morgan fingerprint density at radius 2 is 2.00 bits per heavy atom. The maximum absolute atomic E-state index is 11.0. The van der Waals surface area contributed by atoms with Crippen LogP contribution in [0.2, 0.25) is 5.02 Å². The molecule has 0 saturated carbocycles. The zero-order valence-corrected chi connectivity index (χ0v) is 12.1. The van der Waals surface area contributed by atoms with E-state index in [2.05, 4.69) is 5.10 Å². The standard InChI is InChI=1S/C14H16ClN3O2/c1-8-12(13(16)14(19)20)9(2)18(17-8)7-10-3-5-11(15)6-4-10/h3-6,13H,7,16H2,1-2H3,(H,19,20). The van der Waals surface area contributed by atoms with Crippen LogP contribution in [0, 0.1) is 13.8 Å². The lowest BCUT2D eigenvalue weighted by Gasteiger charge is -2.08. The number of halogens is 1. The van der Waals surface area contributed by atoms with Crippen molar-refractivity contribution in [3.05, 3.63) is 51.8 Å². The Morgan fingerprint density at radius 3 is 2.55 bits per heavy atom. The van der Waals surface area contributed by atoms with Gasteiger partial charge in [-0.15, -0.1) is 0 Å². The fraction of sp³-hybridized carbons (Fsp3) is 0.286. The molecule has 0 amide bonds. The number of hydrogen-bond acceptors (Lipinski definition) is 3. The number of carbonyl (C=O) groups is 1. The number of carboxylic acids is 1. The number of nitrogens with two attached hydrogens (primary N) is 1. The van der Waals surface area contributed by atoms with Gasteiger partial charge in [-0.2, -0.15) is 5.10 Å². The van der Waals surface area contributed by atoms with E-state index in [1.54, 1.807) is 11.6 Å². The average molecular weight is 294 g/mol. The van der Waals surface area contributed by atoms with Gasteiger partial charge in [0, 0.05) is 16.3 Å². The smallest absolute Gasteiger partial charge is 0.325 e. The molecule has 5 nitrogen and oxygen atoms in total. The Morgan fingerprint density at radius 1 is 1.40 bits per heavy atom. The topological polar surface area (TPSA) is 81.1 Å². The van der Waals surface area contributed by atoms with Crippen molar-refractivity contribution in [1.82, 2.24) is 9.78 Å². The van der Waals surface area contributed by atoms with E-state index in [4.69, 9.17) is 22.4 Å². The Bertz CT molecular complexity index is 635. The van der Waals surface area contributed by atoms with Crippen molar-refractivity contribution in [3.8, 4) is 0 Å². The van der Waals surface area contributed by atoms with Crippen molar-refractivity contribution in [3.63, 3.8) is 0 Å². The van der Waals surface area contributed by atoms with E-state index in [0.29, 0.717) is 22.8 Å². The first kappa shape index (κ1) is 14.6. The van der Waals surface area contributed by atoms with Crippen LogP contribution in [0.5, 0.6) is 0 Å². The van der Waals surface area contributed by atoms with E-state index in [1.807, 2.05) is 31.2 Å². The van der Waals surface area contributed by atoms with Crippen molar-refractivity contribution >= 4 is 17.6 Å². The second-order valence-electron chi connectivity index (χ2n) is 4.68. The zero-order chi connectivity index (χ0) is 14.9. The van der Waals surface area contributed by atoms with Crippen LogP contribution in [-0.2, 0) is 11.3 Å². The molecule has 1 heterocycles. The highest BCUT2D eigenvalue weighted by Gasteiger charge is 2.23. The molecule has 6 heteroatoms. The molecule has 0 saturated heterocycles. The van der Waals surface area contributed by atoms with Crippen molar-refractivity contribution in [2.75, 3.05) is 0 Å². The summed E-state index contributed by atoms with van der Waals surface area (Å²) in [5.74, 6) is -1.05. The molecular formula is C14H16ClN3O2. The van der Waals surface area contributed by atoms with Crippen LogP contribution in [0.15, 0.2) is 24.3 Å². The SMILES string of the molecule is Cc1nn(Cc2ccc(Cl)cc2)c(C)c1C(N)C(=O)O. The molecule has 0 aliphatic heterocycles. The van der Waals surface area contributed by atoms with Gasteiger partial charge < -0.3 is 10.8 Å². The van der Waals surface area contributed by atoms with Gasteiger partial charge in [0.25, 0.3) is 0 Å². The van der Waals surface area contributed by atoms with Gasteiger partial charge in [-0.1, -0.05) is 23.7 Å². The molecule has 1 atom stereocenters. The van der Waals surface area contributed by atoms with Gasteiger partial charge >= 0.3 is 5.97 Å². The third-order valence-corrected chi connectivity index (χ3v) is 3.51. The molecule has 1 aromatic carbocycles. The molecule has 20 heavy (non-hydrogen) atoms. The van der Waals surface area contributed by atoms with E-state index in [0.717, 1.165) is 11.3 Å². The summed E-state index contributed by atoms with van der Waals surface area (Å²) in [5.41, 5.74) is 8.72. The first-order chi connectivity index (χ1) is 9.40. The van der Waals surface area contributed by atoms with Gasteiger partial charge in [0.15, 0.2) is 0 Å². The normalized spacial score (nSPS) is 12.4. The minimum Gasteiger partial charge on any atom is -0.480 e. The fourth-order valence-electron chi connectivity index (χ4n) is 2.20. The molecule has 3 N–H and O–H groups in total. The molecule has 0 aliphatic rings. The minimum atomic E-state index is -1.05. The molecular weight excluding hydrogens is 278 g/mol. The molecule has 0 radical (unpaired) electrons. The van der Waals surface area contributed by atoms with Gasteiger partial charge in [-0.05, 0) is 31.5 Å². The predicted molar refractivity (Wildman–Crippen MR) is 76.8 cm³/mol. The van der Waals surface area contributed by atoms with Crippen molar-refractivity contribution in [1.29, 1.82) is 0 Å². The number of aryl methyl sites for hydroxylation is 1. The molecule has 0 bridgehead atoms. The van der Waals surface area contributed by atoms with Crippen molar-refractivity contribution in [2.24, 2.45) is 5.73 Å². The fourth-order valence-corrected chi connectivity index (χ4v) is 2.33. The first-order valence-electron chi connectivity index (χ1n) is 6.17. The Kier molecular flexibility index (Phi) is 4.11. The monoisotopic (exact) mass is 293 g/mol. The third-order valence-electron chi connectivity index (χ3n) is 3.26. The molecule has 1 unspecified atom stereocenters. The summed E-state index contributed by atoms with van der Waals surface area (Å²) >= 11 is 5.85. The number of rotatable bonds is 4. The second-order valence-corrected chi connectivity index (χ2v) is 5.12. The summed E-state index contributed by atoms with van der Waals surface area (Å²) in [6.07, 6.45) is 0. The van der Waals surface area contributed by atoms with Crippen LogP contribution in [-0.4, -0.2) is 20.9 Å². The van der Waals surface area contributed by atoms with Crippen LogP contribution >= 0.6 is 11.6 Å². The first-order valence-corrected chi connectivity index (χ1v) is 6.54. The summed E-state index contributed by atoms with van der Waals surface area (Å²) in [5, 5.41) is 14.1. The van der Waals surface area contributed by atoms with Gasteiger partial charge in [0.05, 0.1) is 12.2 Å². The van der Waals surface area contributed by atoms with E-state index in [-0.39, 0.29) is 0 Å². The maximum atomic E-state index is 11.0. The number of hydrogen-bond donors (Lipinski definition) is 2. The van der Waals surface area contributed by atoms with E-state index in [9.17, 15) is 4.79 Å². The highest BCUT2D eigenvalue weighted by atomic mass is 35.5. The molecule has 0 aliphatic carbocycles. The third kappa shape index (κ3) is 2.84. The summed E-state index contributed by atoms with van der Waals surface area (Å²) in [4.78, 5) is 11.0. The quantitative estimate of drug-likeness (QED) is 0.906. The average Bonchev–Trinajstić information content (AvgIpc) is 2.66. The number of carboxylic acid groups (broad SMARTS) is 1. The Hall–Kier alpha value is -1.85. The largest absolute Gasteiger partial charge is 0.480 e. The lowest BCUT2D eigenvalue weighted by molar-refractivity contribution is -0.138. The van der Waals surface area contributed by atoms with Crippen LogP contribution in [0.1, 0.15) is 28.6 Å². The Labute approximate surface area is 122 Å². The van der Waals surface area contributed by atoms with Crippen LogP contribution < -0.4 is 5.73 Å². The van der Waals surface area contributed by atoms with Crippen LogP contribution in [0.25, 0.3) is 0 Å². The van der Waals surface area contributed by atoms with E-state index in [1.165, 1.54) is 0 Å². The Balaban J connectivity index is 2.32. The lowest BCUT2D eigenvalue weighted by atomic mass is 10.1. The van der Waals surface area contributed by atoms with Gasteiger partial charge in [-0.3, -0.25) is 9.48 Å². The number of aromatic nitrogens is 2. The van der Waals surface area contributed by atoms with Crippen molar-refractivity contribution in [2.45, 2.75) is 26.4 Å². The molecule has 2 aromatic rings. The highest BCUT2D eigenvalue weighted by Crippen LogP contribution is 2.21. The predicted octanol–water partition coefficient (Wildman–Crippen LogP) is 2.29. The molecule has 2 rings (SSSR count). The van der Waals surface area contributed by atoms with E-state index < -0.39 is 12.0 Å². The van der Waals surface area contributed by atoms with Crippen molar-refractivity contribution < 1.29 is 9.90 Å².